The molecule has 0 fully saturated rings. The fraction of sp³-hybridized carbons (Fsp3) is 0.333. The summed E-state index contributed by atoms with van der Waals surface area (Å²) in [5.74, 6) is -1.82. The molecule has 0 unspecified atom stereocenters. The molecule has 0 bridgehead atoms. The van der Waals surface area contributed by atoms with E-state index in [-0.39, 0.29) is 11.3 Å². The second-order valence-electron chi connectivity index (χ2n) is 3.98. The first kappa shape index (κ1) is 15.1. The van der Waals surface area contributed by atoms with E-state index in [4.69, 9.17) is 5.11 Å². The highest BCUT2D eigenvalue weighted by Crippen LogP contribution is 2.27. The number of carbonyl (C=O) groups is 1. The summed E-state index contributed by atoms with van der Waals surface area (Å²) >= 11 is 2.59. The van der Waals surface area contributed by atoms with Gasteiger partial charge >= 0.3 is 5.97 Å². The third kappa shape index (κ3) is 3.24. The van der Waals surface area contributed by atoms with Gasteiger partial charge in [-0.3, -0.25) is 4.79 Å². The van der Waals surface area contributed by atoms with Crippen LogP contribution in [0.15, 0.2) is 17.3 Å². The maximum absolute atomic E-state index is 13.7. The molecule has 0 spiro atoms. The zero-order valence-corrected chi connectivity index (χ0v) is 12.2. The van der Waals surface area contributed by atoms with E-state index in [0.717, 1.165) is 23.6 Å². The smallest absolute Gasteiger partial charge is 0.313 e. The average Bonchev–Trinajstić information content (AvgIpc) is 2.72. The van der Waals surface area contributed by atoms with Gasteiger partial charge in [-0.25, -0.2) is 13.8 Å². The lowest BCUT2D eigenvalue weighted by molar-refractivity contribution is -0.133. The molecule has 0 aliphatic rings. The Bertz CT molecular complexity index is 646. The van der Waals surface area contributed by atoms with Crippen LogP contribution in [0.1, 0.15) is 0 Å². The number of aliphatic carboxylic acids is 1. The lowest BCUT2D eigenvalue weighted by Gasteiger charge is -2.07. The van der Waals surface area contributed by atoms with Gasteiger partial charge in [0, 0.05) is 24.4 Å². The number of aromatic nitrogens is 2. The van der Waals surface area contributed by atoms with Crippen LogP contribution in [0.25, 0.3) is 11.0 Å². The minimum atomic E-state index is -0.981. The van der Waals surface area contributed by atoms with Gasteiger partial charge in [0.05, 0.1) is 11.3 Å². The molecular formula is C12H12F2N2O2S2. The van der Waals surface area contributed by atoms with Gasteiger partial charge in [0.25, 0.3) is 0 Å². The van der Waals surface area contributed by atoms with Gasteiger partial charge in [0.15, 0.2) is 11.0 Å². The van der Waals surface area contributed by atoms with Gasteiger partial charge in [0.1, 0.15) is 11.3 Å². The van der Waals surface area contributed by atoms with Crippen LogP contribution in [0.5, 0.6) is 0 Å². The van der Waals surface area contributed by atoms with Crippen molar-refractivity contribution in [3.63, 3.8) is 0 Å². The summed E-state index contributed by atoms with van der Waals surface area (Å²) in [7, 11) is 0. The Morgan fingerprint density at radius 3 is 2.85 bits per heavy atom. The van der Waals surface area contributed by atoms with Gasteiger partial charge in [-0.15, -0.1) is 0 Å². The second-order valence-corrected chi connectivity index (χ2v) is 5.90. The molecule has 0 saturated carbocycles. The van der Waals surface area contributed by atoms with Crippen LogP contribution in [-0.2, 0) is 11.3 Å². The van der Waals surface area contributed by atoms with E-state index in [1.165, 1.54) is 6.07 Å². The number of hydrogen-bond acceptors (Lipinski definition) is 4. The van der Waals surface area contributed by atoms with Crippen LogP contribution in [0.3, 0.4) is 0 Å². The number of nitrogens with zero attached hydrogens (tertiary/aromatic N) is 2. The number of hydrogen-bond donors (Lipinski definition) is 1. The van der Waals surface area contributed by atoms with Crippen molar-refractivity contribution >= 4 is 40.5 Å². The number of fused-ring (bicyclic) bond motifs is 1. The molecule has 2 rings (SSSR count). The van der Waals surface area contributed by atoms with Crippen molar-refractivity contribution in [3.8, 4) is 0 Å². The largest absolute Gasteiger partial charge is 0.481 e. The topological polar surface area (TPSA) is 55.1 Å². The van der Waals surface area contributed by atoms with Gasteiger partial charge in [0.2, 0.25) is 0 Å². The number of aryl methyl sites for hydroxylation is 1. The van der Waals surface area contributed by atoms with E-state index in [9.17, 15) is 13.6 Å². The molecule has 8 heteroatoms. The highest BCUT2D eigenvalue weighted by molar-refractivity contribution is 7.99. The molecule has 0 saturated heterocycles. The summed E-state index contributed by atoms with van der Waals surface area (Å²) in [6, 6.07) is 2.00. The summed E-state index contributed by atoms with van der Waals surface area (Å²) in [5, 5.41) is 9.11. The standard InChI is InChI=1S/C12H12F2N2O2S2/c1-19-3-2-16-9-5-7(13)4-8(14)11(9)15-12(16)20-6-10(17)18/h4-5H,2-3,6H2,1H3,(H,17,18). The first-order valence-electron chi connectivity index (χ1n) is 5.71. The lowest BCUT2D eigenvalue weighted by Crippen LogP contribution is -2.05. The summed E-state index contributed by atoms with van der Waals surface area (Å²) in [6.07, 6.45) is 1.92. The quantitative estimate of drug-likeness (QED) is 0.830. The first-order chi connectivity index (χ1) is 9.52. The predicted molar refractivity (Wildman–Crippen MR) is 76.4 cm³/mol. The van der Waals surface area contributed by atoms with E-state index in [0.29, 0.717) is 17.2 Å². The number of thioether (sulfide) groups is 2. The van der Waals surface area contributed by atoms with Crippen LogP contribution >= 0.6 is 23.5 Å². The summed E-state index contributed by atoms with van der Waals surface area (Å²) in [4.78, 5) is 14.7. The van der Waals surface area contributed by atoms with E-state index < -0.39 is 17.6 Å². The zero-order chi connectivity index (χ0) is 14.7. The van der Waals surface area contributed by atoms with Crippen LogP contribution in [0.2, 0.25) is 0 Å². The van der Waals surface area contributed by atoms with E-state index in [1.807, 2.05) is 6.26 Å². The molecule has 4 nitrogen and oxygen atoms in total. The Morgan fingerprint density at radius 2 is 2.20 bits per heavy atom. The van der Waals surface area contributed by atoms with Crippen molar-refractivity contribution in [1.29, 1.82) is 0 Å². The minimum Gasteiger partial charge on any atom is -0.481 e. The molecule has 1 aromatic carbocycles. The molecule has 1 N–H and O–H groups in total. The van der Waals surface area contributed by atoms with Crippen molar-refractivity contribution < 1.29 is 18.7 Å². The van der Waals surface area contributed by atoms with Crippen molar-refractivity contribution in [2.45, 2.75) is 11.7 Å². The molecule has 0 amide bonds. The van der Waals surface area contributed by atoms with Gasteiger partial charge in [-0.1, -0.05) is 11.8 Å². The third-order valence-electron chi connectivity index (χ3n) is 2.58. The number of rotatable bonds is 6. The summed E-state index contributed by atoms with van der Waals surface area (Å²) in [5.41, 5.74) is 0.421. The van der Waals surface area contributed by atoms with Crippen molar-refractivity contribution in [2.24, 2.45) is 0 Å². The fourth-order valence-electron chi connectivity index (χ4n) is 1.76. The average molecular weight is 318 g/mol. The Labute approximate surface area is 122 Å². The molecule has 20 heavy (non-hydrogen) atoms. The Kier molecular flexibility index (Phi) is 4.87. The molecule has 108 valence electrons. The Morgan fingerprint density at radius 1 is 1.45 bits per heavy atom. The van der Waals surface area contributed by atoms with Gasteiger partial charge in [-0.05, 0) is 6.26 Å². The van der Waals surface area contributed by atoms with Crippen LogP contribution in [0.4, 0.5) is 8.78 Å². The first-order valence-corrected chi connectivity index (χ1v) is 8.09. The normalized spacial score (nSPS) is 11.2. The van der Waals surface area contributed by atoms with Gasteiger partial charge < -0.3 is 9.67 Å². The fourth-order valence-corrected chi connectivity index (χ4v) is 2.88. The van der Waals surface area contributed by atoms with E-state index in [2.05, 4.69) is 4.98 Å². The summed E-state index contributed by atoms with van der Waals surface area (Å²) in [6.45, 7) is 0.516. The molecule has 0 aliphatic heterocycles. The van der Waals surface area contributed by atoms with Crippen molar-refractivity contribution in [3.05, 3.63) is 23.8 Å². The maximum atomic E-state index is 13.7. The Balaban J connectivity index is 2.48. The molecule has 0 radical (unpaired) electrons. The van der Waals surface area contributed by atoms with E-state index in [1.54, 1.807) is 16.3 Å². The molecule has 2 aromatic rings. The van der Waals surface area contributed by atoms with Crippen LogP contribution < -0.4 is 0 Å². The second kappa shape index (κ2) is 6.45. The molecule has 0 atom stereocenters. The molecule has 1 aromatic heterocycles. The van der Waals surface area contributed by atoms with Crippen LogP contribution in [0, 0.1) is 11.6 Å². The number of carboxylic acids is 1. The van der Waals surface area contributed by atoms with Crippen molar-refractivity contribution in [2.75, 3.05) is 17.8 Å². The lowest BCUT2D eigenvalue weighted by atomic mass is 10.3. The molecule has 1 heterocycles. The highest BCUT2D eigenvalue weighted by Gasteiger charge is 2.16. The Hall–Kier alpha value is -1.28. The molecular weight excluding hydrogens is 306 g/mol. The number of imidazole rings is 1. The van der Waals surface area contributed by atoms with Gasteiger partial charge in [-0.2, -0.15) is 11.8 Å². The molecule has 0 aliphatic carbocycles. The van der Waals surface area contributed by atoms with Crippen molar-refractivity contribution in [1.82, 2.24) is 9.55 Å². The highest BCUT2D eigenvalue weighted by atomic mass is 32.2. The SMILES string of the molecule is CSCCn1c(SCC(=O)O)nc2c(F)cc(F)cc21. The van der Waals surface area contributed by atoms with E-state index >= 15 is 0 Å². The maximum Gasteiger partial charge on any atom is 0.313 e. The number of benzene rings is 1. The minimum absolute atomic E-state index is 0.0698. The summed E-state index contributed by atoms with van der Waals surface area (Å²) < 4.78 is 28.7. The predicted octanol–water partition coefficient (Wildman–Crippen LogP) is 2.85. The number of halogens is 2. The monoisotopic (exact) mass is 318 g/mol. The zero-order valence-electron chi connectivity index (χ0n) is 10.6. The number of carboxylic acid groups (broad SMARTS) is 1. The van der Waals surface area contributed by atoms with Crippen LogP contribution in [-0.4, -0.2) is 38.4 Å². The third-order valence-corrected chi connectivity index (χ3v) is 4.13.